The molecule has 4 aromatic rings. The number of aromatic nitrogens is 5. The van der Waals surface area contributed by atoms with Crippen molar-refractivity contribution in [2.45, 2.75) is 39.9 Å². The first-order valence-corrected chi connectivity index (χ1v) is 9.54. The Hall–Kier alpha value is -3.13. The molecule has 0 spiro atoms. The van der Waals surface area contributed by atoms with Gasteiger partial charge in [-0.15, -0.1) is 0 Å². The van der Waals surface area contributed by atoms with E-state index in [0.29, 0.717) is 12.2 Å². The average Bonchev–Trinajstić information content (AvgIpc) is 3.42. The summed E-state index contributed by atoms with van der Waals surface area (Å²) in [5.74, 6) is 0.808. The maximum atomic E-state index is 13.1. The number of nitrogens with zero attached hydrogens (tertiary/aromatic N) is 5. The van der Waals surface area contributed by atoms with Crippen LogP contribution in [-0.2, 0) is 26.1 Å². The van der Waals surface area contributed by atoms with Crippen LogP contribution in [0.15, 0.2) is 40.0 Å². The van der Waals surface area contributed by atoms with Gasteiger partial charge in [-0.05, 0) is 19.9 Å². The van der Waals surface area contributed by atoms with Crippen molar-refractivity contribution in [3.8, 4) is 11.3 Å². The number of hydrogen-bond acceptors (Lipinski definition) is 5. The van der Waals surface area contributed by atoms with Crippen LogP contribution in [0.1, 0.15) is 29.5 Å². The summed E-state index contributed by atoms with van der Waals surface area (Å²) >= 11 is 0. The van der Waals surface area contributed by atoms with E-state index in [-0.39, 0.29) is 5.56 Å². The number of fused-ring (bicyclic) bond motifs is 2. The Morgan fingerprint density at radius 3 is 3.00 bits per heavy atom. The third-order valence-electron chi connectivity index (χ3n) is 5.41. The highest BCUT2D eigenvalue weighted by Gasteiger charge is 2.23. The molecule has 0 fully saturated rings. The second kappa shape index (κ2) is 6.49. The molecule has 8 nitrogen and oxygen atoms in total. The fourth-order valence-electron chi connectivity index (χ4n) is 3.89. The number of aromatic amines is 1. The fourth-order valence-corrected chi connectivity index (χ4v) is 3.89. The Balaban J connectivity index is 1.47. The van der Waals surface area contributed by atoms with Crippen molar-refractivity contribution in [1.82, 2.24) is 29.3 Å². The van der Waals surface area contributed by atoms with Crippen LogP contribution in [0.4, 0.5) is 0 Å². The van der Waals surface area contributed by atoms with Crippen molar-refractivity contribution in [3.63, 3.8) is 0 Å². The van der Waals surface area contributed by atoms with Crippen molar-refractivity contribution in [2.24, 2.45) is 0 Å². The molecule has 0 unspecified atom stereocenters. The van der Waals surface area contributed by atoms with Gasteiger partial charge in [0.2, 0.25) is 0 Å². The van der Waals surface area contributed by atoms with Gasteiger partial charge in [-0.2, -0.15) is 5.10 Å². The van der Waals surface area contributed by atoms with Crippen LogP contribution in [0.25, 0.3) is 16.9 Å². The normalized spacial score (nSPS) is 14.6. The molecular formula is C20H22N6O2. The van der Waals surface area contributed by atoms with Gasteiger partial charge in [-0.3, -0.25) is 19.5 Å². The zero-order valence-electron chi connectivity index (χ0n) is 16.0. The van der Waals surface area contributed by atoms with Gasteiger partial charge in [0.25, 0.3) is 5.56 Å². The van der Waals surface area contributed by atoms with E-state index >= 15 is 0 Å². The largest absolute Gasteiger partial charge is 0.469 e. The zero-order valence-corrected chi connectivity index (χ0v) is 16.0. The molecule has 1 aliphatic rings. The number of aryl methyl sites for hydroxylation is 2. The molecule has 4 aromatic heterocycles. The first-order chi connectivity index (χ1) is 13.6. The van der Waals surface area contributed by atoms with E-state index in [4.69, 9.17) is 9.40 Å². The maximum absolute atomic E-state index is 13.1. The lowest BCUT2D eigenvalue weighted by Crippen LogP contribution is -2.36. The monoisotopic (exact) mass is 378 g/mol. The molecule has 5 rings (SSSR count). The highest BCUT2D eigenvalue weighted by molar-refractivity contribution is 5.65. The van der Waals surface area contributed by atoms with E-state index in [1.165, 1.54) is 0 Å². The number of rotatable bonds is 4. The SMILES string of the molecule is CCn1cc(CN2CCc3nc4cc(-c5ccoc5C)[nH]n4c(=O)c3C2)cn1. The third kappa shape index (κ3) is 2.77. The highest BCUT2D eigenvalue weighted by atomic mass is 16.3. The lowest BCUT2D eigenvalue weighted by atomic mass is 10.1. The van der Waals surface area contributed by atoms with Gasteiger partial charge in [0.1, 0.15) is 5.76 Å². The summed E-state index contributed by atoms with van der Waals surface area (Å²) in [5.41, 5.74) is 5.23. The predicted molar refractivity (Wildman–Crippen MR) is 104 cm³/mol. The van der Waals surface area contributed by atoms with E-state index in [2.05, 4.69) is 28.2 Å². The lowest BCUT2D eigenvalue weighted by molar-refractivity contribution is 0.241. The van der Waals surface area contributed by atoms with Gasteiger partial charge >= 0.3 is 0 Å². The Bertz CT molecular complexity index is 1210. The van der Waals surface area contributed by atoms with Crippen LogP contribution >= 0.6 is 0 Å². The minimum absolute atomic E-state index is 0.0265. The maximum Gasteiger partial charge on any atom is 0.277 e. The average molecular weight is 378 g/mol. The molecule has 8 heteroatoms. The number of nitrogens with one attached hydrogen (secondary N) is 1. The second-order valence-corrected chi connectivity index (χ2v) is 7.26. The second-order valence-electron chi connectivity index (χ2n) is 7.26. The van der Waals surface area contributed by atoms with Gasteiger partial charge in [0.05, 0.1) is 29.4 Å². The summed E-state index contributed by atoms with van der Waals surface area (Å²) in [7, 11) is 0. The van der Waals surface area contributed by atoms with Crippen molar-refractivity contribution < 1.29 is 4.42 Å². The van der Waals surface area contributed by atoms with Crippen LogP contribution in [0, 0.1) is 6.92 Å². The molecule has 144 valence electrons. The number of furan rings is 1. The van der Waals surface area contributed by atoms with Crippen LogP contribution in [-0.4, -0.2) is 35.8 Å². The van der Waals surface area contributed by atoms with Crippen molar-refractivity contribution in [3.05, 3.63) is 63.7 Å². The molecule has 0 aliphatic carbocycles. The van der Waals surface area contributed by atoms with E-state index in [0.717, 1.165) is 59.9 Å². The third-order valence-corrected chi connectivity index (χ3v) is 5.41. The molecule has 0 atom stereocenters. The summed E-state index contributed by atoms with van der Waals surface area (Å²) in [6.07, 6.45) is 6.39. The van der Waals surface area contributed by atoms with Crippen LogP contribution in [0.5, 0.6) is 0 Å². The van der Waals surface area contributed by atoms with E-state index < -0.39 is 0 Å². The molecule has 1 N–H and O–H groups in total. The zero-order chi connectivity index (χ0) is 19.3. The molecule has 0 saturated heterocycles. The lowest BCUT2D eigenvalue weighted by Gasteiger charge is -2.27. The quantitative estimate of drug-likeness (QED) is 0.589. The van der Waals surface area contributed by atoms with Gasteiger partial charge in [0.15, 0.2) is 5.65 Å². The van der Waals surface area contributed by atoms with Crippen LogP contribution in [0.3, 0.4) is 0 Å². The first kappa shape index (κ1) is 17.0. The molecule has 0 radical (unpaired) electrons. The van der Waals surface area contributed by atoms with Gasteiger partial charge in [0, 0.05) is 56.0 Å². The summed E-state index contributed by atoms with van der Waals surface area (Å²) in [4.78, 5) is 20.1. The smallest absolute Gasteiger partial charge is 0.277 e. The molecule has 0 bridgehead atoms. The Morgan fingerprint density at radius 2 is 2.25 bits per heavy atom. The van der Waals surface area contributed by atoms with Crippen molar-refractivity contribution in [2.75, 3.05) is 6.54 Å². The molecule has 0 aromatic carbocycles. The molecule has 0 amide bonds. The summed E-state index contributed by atoms with van der Waals surface area (Å²) in [6.45, 7) is 7.09. The summed E-state index contributed by atoms with van der Waals surface area (Å²) < 4.78 is 8.85. The minimum atomic E-state index is -0.0265. The summed E-state index contributed by atoms with van der Waals surface area (Å²) in [5, 5.41) is 7.52. The Kier molecular flexibility index (Phi) is 3.94. The molecule has 5 heterocycles. The predicted octanol–water partition coefficient (Wildman–Crippen LogP) is 2.37. The minimum Gasteiger partial charge on any atom is -0.469 e. The Morgan fingerprint density at radius 1 is 1.36 bits per heavy atom. The summed E-state index contributed by atoms with van der Waals surface area (Å²) in [6, 6.07) is 3.80. The standard InChI is InChI=1S/C20H22N6O2/c1-3-25-11-14(9-21-25)10-24-6-4-17-16(12-24)20(27)26-19(22-17)8-18(23-26)15-5-7-28-13(15)2/h5,7-9,11,23H,3-4,6,10,12H2,1-2H3. The first-order valence-electron chi connectivity index (χ1n) is 9.54. The van der Waals surface area contributed by atoms with Gasteiger partial charge < -0.3 is 4.42 Å². The van der Waals surface area contributed by atoms with Crippen molar-refractivity contribution in [1.29, 1.82) is 0 Å². The van der Waals surface area contributed by atoms with Gasteiger partial charge in [-0.25, -0.2) is 9.50 Å². The van der Waals surface area contributed by atoms with E-state index in [9.17, 15) is 4.79 Å². The fraction of sp³-hybridized carbons (Fsp3) is 0.350. The molecular weight excluding hydrogens is 356 g/mol. The topological polar surface area (TPSA) is 84.4 Å². The van der Waals surface area contributed by atoms with E-state index in [1.807, 2.05) is 29.9 Å². The number of hydrogen-bond donors (Lipinski definition) is 1. The van der Waals surface area contributed by atoms with Crippen LogP contribution in [0.2, 0.25) is 0 Å². The molecule has 0 saturated carbocycles. The van der Waals surface area contributed by atoms with Crippen LogP contribution < -0.4 is 5.56 Å². The molecule has 1 aliphatic heterocycles. The van der Waals surface area contributed by atoms with E-state index in [1.54, 1.807) is 10.8 Å². The van der Waals surface area contributed by atoms with Gasteiger partial charge in [-0.1, -0.05) is 0 Å². The number of H-pyrrole nitrogens is 1. The highest BCUT2D eigenvalue weighted by Crippen LogP contribution is 2.24. The Labute approximate surface area is 161 Å². The molecule has 28 heavy (non-hydrogen) atoms. The van der Waals surface area contributed by atoms with Crippen molar-refractivity contribution >= 4 is 5.65 Å².